The van der Waals surface area contributed by atoms with Crippen LogP contribution in [0.5, 0.6) is 0 Å². The zero-order chi connectivity index (χ0) is 18.7. The minimum atomic E-state index is -1.05. The van der Waals surface area contributed by atoms with Crippen molar-refractivity contribution >= 4 is 23.5 Å². The average molecular weight is 378 g/mol. The van der Waals surface area contributed by atoms with Crippen LogP contribution in [0.15, 0.2) is 54.9 Å². The fourth-order valence-corrected chi connectivity index (χ4v) is 3.04. The van der Waals surface area contributed by atoms with Gasteiger partial charge in [-0.2, -0.15) is 4.57 Å². The standard InChI is InChI=1S/C18H17ClN2O5/c19-14-15(22)13(10-25-18(24)11-5-2-1-3-6-11)26-17(14)21-8-4-7-12(9-21)16(20)23/h1-9,13-15,17,22H,10H2,(H-,20,23)/p+1/t13-,14+,15-,17-/m1/s1. The summed E-state index contributed by atoms with van der Waals surface area (Å²) < 4.78 is 12.5. The molecule has 0 bridgehead atoms. The van der Waals surface area contributed by atoms with Crippen LogP contribution in [-0.4, -0.2) is 41.2 Å². The largest absolute Gasteiger partial charge is 0.459 e. The number of benzene rings is 1. The van der Waals surface area contributed by atoms with Crippen LogP contribution < -0.4 is 10.3 Å². The third-order valence-electron chi connectivity index (χ3n) is 4.08. The van der Waals surface area contributed by atoms with Gasteiger partial charge in [-0.3, -0.25) is 4.79 Å². The second-order valence-electron chi connectivity index (χ2n) is 5.87. The lowest BCUT2D eigenvalue weighted by Gasteiger charge is -2.13. The lowest BCUT2D eigenvalue weighted by atomic mass is 10.1. The van der Waals surface area contributed by atoms with Gasteiger partial charge in [0.15, 0.2) is 17.8 Å². The molecule has 26 heavy (non-hydrogen) atoms. The van der Waals surface area contributed by atoms with Crippen LogP contribution in [0.4, 0.5) is 0 Å². The molecule has 2 aromatic rings. The highest BCUT2D eigenvalue weighted by Gasteiger charge is 2.48. The van der Waals surface area contributed by atoms with E-state index in [1.165, 1.54) is 6.20 Å². The first kappa shape index (κ1) is 18.3. The molecule has 136 valence electrons. The van der Waals surface area contributed by atoms with E-state index in [0.29, 0.717) is 5.56 Å². The van der Waals surface area contributed by atoms with E-state index in [4.69, 9.17) is 26.8 Å². The molecule has 0 unspecified atom stereocenters. The van der Waals surface area contributed by atoms with Gasteiger partial charge in [-0.25, -0.2) is 4.79 Å². The summed E-state index contributed by atoms with van der Waals surface area (Å²) in [5.74, 6) is -1.10. The Morgan fingerprint density at radius 1 is 1.19 bits per heavy atom. The molecule has 1 saturated heterocycles. The molecule has 0 radical (unpaired) electrons. The summed E-state index contributed by atoms with van der Waals surface area (Å²) in [6.07, 6.45) is 0.576. The Balaban J connectivity index is 1.67. The number of nitrogens with two attached hydrogens (primary N) is 1. The molecule has 4 atom stereocenters. The van der Waals surface area contributed by atoms with Crippen molar-refractivity contribution < 1.29 is 28.7 Å². The van der Waals surface area contributed by atoms with E-state index in [1.54, 1.807) is 53.2 Å². The molecule has 0 spiro atoms. The number of rotatable bonds is 5. The van der Waals surface area contributed by atoms with E-state index in [2.05, 4.69) is 0 Å². The topological polar surface area (TPSA) is 103 Å². The Morgan fingerprint density at radius 2 is 1.88 bits per heavy atom. The fraction of sp³-hybridized carbons (Fsp3) is 0.278. The number of ether oxygens (including phenoxy) is 2. The highest BCUT2D eigenvalue weighted by Crippen LogP contribution is 2.30. The number of alkyl halides is 1. The van der Waals surface area contributed by atoms with Crippen molar-refractivity contribution in [2.75, 3.05) is 6.61 Å². The number of halogens is 1. The molecule has 1 aliphatic heterocycles. The molecule has 8 heteroatoms. The minimum Gasteiger partial charge on any atom is -0.459 e. The molecule has 0 aliphatic carbocycles. The van der Waals surface area contributed by atoms with Gasteiger partial charge < -0.3 is 20.3 Å². The zero-order valence-electron chi connectivity index (χ0n) is 13.7. The SMILES string of the molecule is NC(=O)c1ccc[n+]([C@@H]2O[C@H](COC(=O)c3ccccc3)[C@@H](O)[C@@H]2Cl)c1. The van der Waals surface area contributed by atoms with Gasteiger partial charge >= 0.3 is 5.97 Å². The molecule has 0 saturated carbocycles. The van der Waals surface area contributed by atoms with Crippen LogP contribution in [0, 0.1) is 0 Å². The van der Waals surface area contributed by atoms with Crippen LogP contribution in [0.25, 0.3) is 0 Å². The zero-order valence-corrected chi connectivity index (χ0v) is 14.5. The molecule has 1 aliphatic rings. The van der Waals surface area contributed by atoms with Crippen molar-refractivity contribution in [2.24, 2.45) is 5.73 Å². The van der Waals surface area contributed by atoms with Crippen LogP contribution in [0.2, 0.25) is 0 Å². The first-order chi connectivity index (χ1) is 12.5. The number of hydrogen-bond donors (Lipinski definition) is 2. The number of nitrogens with zero attached hydrogens (tertiary/aromatic N) is 1. The van der Waals surface area contributed by atoms with E-state index in [1.807, 2.05) is 0 Å². The van der Waals surface area contributed by atoms with E-state index >= 15 is 0 Å². The summed E-state index contributed by atoms with van der Waals surface area (Å²) in [6.45, 7) is -0.148. The Hall–Kier alpha value is -2.48. The fourth-order valence-electron chi connectivity index (χ4n) is 2.69. The van der Waals surface area contributed by atoms with Crippen LogP contribution >= 0.6 is 11.6 Å². The summed E-state index contributed by atoms with van der Waals surface area (Å²) in [7, 11) is 0. The van der Waals surface area contributed by atoms with Crippen LogP contribution in [-0.2, 0) is 9.47 Å². The minimum absolute atomic E-state index is 0.148. The van der Waals surface area contributed by atoms with Crippen molar-refractivity contribution in [1.29, 1.82) is 0 Å². The number of aliphatic hydroxyl groups excluding tert-OH is 1. The molecule has 1 amide bonds. The third kappa shape index (κ3) is 3.85. The number of aromatic nitrogens is 1. The quantitative estimate of drug-likeness (QED) is 0.455. The van der Waals surface area contributed by atoms with Gasteiger partial charge in [-0.15, -0.1) is 11.6 Å². The first-order valence-electron chi connectivity index (χ1n) is 7.98. The monoisotopic (exact) mass is 377 g/mol. The molecular formula is C18H18ClN2O5+. The number of pyridine rings is 1. The highest BCUT2D eigenvalue weighted by molar-refractivity contribution is 6.21. The van der Waals surface area contributed by atoms with Gasteiger partial charge in [0.2, 0.25) is 0 Å². The number of carbonyl (C=O) groups excluding carboxylic acids is 2. The summed E-state index contributed by atoms with van der Waals surface area (Å²) in [6, 6.07) is 11.7. The number of esters is 1. The number of carbonyl (C=O) groups is 2. The summed E-state index contributed by atoms with van der Waals surface area (Å²) in [5, 5.41) is 9.51. The maximum Gasteiger partial charge on any atom is 0.338 e. The Kier molecular flexibility index (Phi) is 5.51. The molecular weight excluding hydrogens is 360 g/mol. The molecule has 1 fully saturated rings. The van der Waals surface area contributed by atoms with Crippen LogP contribution in [0.1, 0.15) is 26.9 Å². The average Bonchev–Trinajstić information content (AvgIpc) is 2.95. The highest BCUT2D eigenvalue weighted by atomic mass is 35.5. The number of aliphatic hydroxyl groups is 1. The van der Waals surface area contributed by atoms with Gasteiger partial charge in [0.1, 0.15) is 24.4 Å². The lowest BCUT2D eigenvalue weighted by Crippen LogP contribution is -2.44. The number of hydrogen-bond acceptors (Lipinski definition) is 5. The second kappa shape index (κ2) is 7.82. The van der Waals surface area contributed by atoms with Gasteiger partial charge in [0.25, 0.3) is 12.1 Å². The summed E-state index contributed by atoms with van der Waals surface area (Å²) >= 11 is 6.27. The van der Waals surface area contributed by atoms with E-state index in [9.17, 15) is 14.7 Å². The van der Waals surface area contributed by atoms with Crippen molar-refractivity contribution in [1.82, 2.24) is 0 Å². The van der Waals surface area contributed by atoms with Crippen LogP contribution in [0.3, 0.4) is 0 Å². The van der Waals surface area contributed by atoms with E-state index in [0.717, 1.165) is 0 Å². The van der Waals surface area contributed by atoms with Gasteiger partial charge in [0.05, 0.1) is 5.56 Å². The van der Waals surface area contributed by atoms with Crippen molar-refractivity contribution in [3.8, 4) is 0 Å². The predicted octanol–water partition coefficient (Wildman–Crippen LogP) is 0.796. The molecule has 1 aromatic heterocycles. The van der Waals surface area contributed by atoms with E-state index < -0.39 is 35.7 Å². The molecule has 2 heterocycles. The van der Waals surface area contributed by atoms with Crippen molar-refractivity contribution in [2.45, 2.75) is 23.8 Å². The third-order valence-corrected chi connectivity index (χ3v) is 4.56. The molecule has 7 nitrogen and oxygen atoms in total. The molecule has 1 aromatic carbocycles. The predicted molar refractivity (Wildman–Crippen MR) is 91.4 cm³/mol. The molecule has 3 N–H and O–H groups in total. The van der Waals surface area contributed by atoms with Gasteiger partial charge in [-0.05, 0) is 18.2 Å². The first-order valence-corrected chi connectivity index (χ1v) is 8.41. The smallest absolute Gasteiger partial charge is 0.338 e. The Morgan fingerprint density at radius 3 is 2.58 bits per heavy atom. The Bertz CT molecular complexity index is 801. The van der Waals surface area contributed by atoms with Gasteiger partial charge in [-0.1, -0.05) is 18.2 Å². The summed E-state index contributed by atoms with van der Waals surface area (Å²) in [4.78, 5) is 23.3. The normalized spacial score (nSPS) is 25.0. The molecule has 3 rings (SSSR count). The Labute approximate surface area is 154 Å². The second-order valence-corrected chi connectivity index (χ2v) is 6.37. The number of primary amides is 1. The maximum atomic E-state index is 12.0. The van der Waals surface area contributed by atoms with Gasteiger partial charge in [0, 0.05) is 6.07 Å². The number of amides is 1. The van der Waals surface area contributed by atoms with Crippen molar-refractivity contribution in [3.05, 3.63) is 66.0 Å². The maximum absolute atomic E-state index is 12.0. The lowest BCUT2D eigenvalue weighted by molar-refractivity contribution is -0.758. The van der Waals surface area contributed by atoms with Crippen molar-refractivity contribution in [3.63, 3.8) is 0 Å². The summed E-state index contributed by atoms with van der Waals surface area (Å²) in [5.41, 5.74) is 5.96. The van der Waals surface area contributed by atoms with E-state index in [-0.39, 0.29) is 12.2 Å².